The fraction of sp³-hybridized carbons (Fsp3) is 0.263. The van der Waals surface area contributed by atoms with Crippen LogP contribution in [0.25, 0.3) is 0 Å². The molecule has 0 aliphatic carbocycles. The number of amides is 1. The van der Waals surface area contributed by atoms with Crippen molar-refractivity contribution in [3.63, 3.8) is 0 Å². The first kappa shape index (κ1) is 21.2. The van der Waals surface area contributed by atoms with E-state index in [4.69, 9.17) is 14.2 Å². The summed E-state index contributed by atoms with van der Waals surface area (Å²) in [6, 6.07) is 8.79. The minimum atomic E-state index is -0.377. The molecule has 144 valence electrons. The highest BCUT2D eigenvalue weighted by molar-refractivity contribution is 9.10. The first-order valence-electron chi connectivity index (χ1n) is 8.17. The van der Waals surface area contributed by atoms with Crippen LogP contribution in [0.3, 0.4) is 0 Å². The van der Waals surface area contributed by atoms with Gasteiger partial charge in [-0.1, -0.05) is 22.9 Å². The molecule has 0 aliphatic rings. The van der Waals surface area contributed by atoms with E-state index in [1.54, 1.807) is 31.4 Å². The van der Waals surface area contributed by atoms with E-state index in [1.807, 2.05) is 13.0 Å². The van der Waals surface area contributed by atoms with Gasteiger partial charge in [-0.3, -0.25) is 4.79 Å². The van der Waals surface area contributed by atoms with Crippen molar-refractivity contribution in [3.05, 3.63) is 50.4 Å². The summed E-state index contributed by atoms with van der Waals surface area (Å²) in [4.78, 5) is 12.3. The molecule has 0 heterocycles. The quantitative estimate of drug-likeness (QED) is 0.419. The van der Waals surface area contributed by atoms with Gasteiger partial charge < -0.3 is 14.2 Å². The molecule has 0 unspecified atom stereocenters. The van der Waals surface area contributed by atoms with Gasteiger partial charge in [-0.15, -0.1) is 0 Å². The number of hydrogen-bond donors (Lipinski definition) is 1. The molecule has 1 amide bonds. The Morgan fingerprint density at radius 1 is 1.15 bits per heavy atom. The molecular weight excluding hydrogens is 480 g/mol. The van der Waals surface area contributed by atoms with Gasteiger partial charge in [-0.2, -0.15) is 5.10 Å². The summed E-state index contributed by atoms with van der Waals surface area (Å²) in [5.41, 5.74) is 3.62. The molecule has 2 aromatic carbocycles. The summed E-state index contributed by atoms with van der Waals surface area (Å²) in [7, 11) is 3.08. The van der Waals surface area contributed by atoms with Gasteiger partial charge in [-0.05, 0) is 58.2 Å². The Labute approximate surface area is 175 Å². The van der Waals surface area contributed by atoms with E-state index in [0.717, 1.165) is 20.9 Å². The number of methoxy groups -OCH3 is 2. The number of rotatable bonds is 8. The second kappa shape index (κ2) is 10.3. The number of nitrogens with one attached hydrogen (secondary N) is 1. The topological polar surface area (TPSA) is 69.2 Å². The Morgan fingerprint density at radius 3 is 2.56 bits per heavy atom. The summed E-state index contributed by atoms with van der Waals surface area (Å²) in [5, 5.41) is 4.02. The Bertz CT molecular complexity index is 841. The highest BCUT2D eigenvalue weighted by Crippen LogP contribution is 2.36. The van der Waals surface area contributed by atoms with Crippen LogP contribution in [0.5, 0.6) is 17.2 Å². The maximum Gasteiger partial charge on any atom is 0.275 e. The fourth-order valence-electron chi connectivity index (χ4n) is 2.24. The third-order valence-electron chi connectivity index (χ3n) is 3.49. The van der Waals surface area contributed by atoms with Crippen LogP contribution in [0.4, 0.5) is 0 Å². The van der Waals surface area contributed by atoms with Crippen molar-refractivity contribution < 1.29 is 19.0 Å². The molecule has 0 fully saturated rings. The number of halogens is 2. The molecule has 0 saturated heterocycles. The number of nitrogens with zero attached hydrogens (tertiary/aromatic N) is 1. The SMILES string of the molecule is CCCOc1c(Br)cc(/C=N\NC(=O)c2cc(Br)ccc2OC)cc1OC. The normalized spacial score (nSPS) is 10.7. The molecule has 2 rings (SSSR count). The second-order valence-electron chi connectivity index (χ2n) is 5.43. The number of carbonyl (C=O) groups is 1. The molecule has 6 nitrogen and oxygen atoms in total. The van der Waals surface area contributed by atoms with Crippen molar-refractivity contribution in [1.29, 1.82) is 0 Å². The van der Waals surface area contributed by atoms with Crippen LogP contribution in [0.2, 0.25) is 0 Å². The average Bonchev–Trinajstić information content (AvgIpc) is 2.66. The van der Waals surface area contributed by atoms with Crippen LogP contribution in [0.1, 0.15) is 29.3 Å². The second-order valence-corrected chi connectivity index (χ2v) is 7.20. The lowest BCUT2D eigenvalue weighted by Gasteiger charge is -2.12. The van der Waals surface area contributed by atoms with E-state index in [2.05, 4.69) is 42.4 Å². The van der Waals surface area contributed by atoms with Crippen molar-refractivity contribution in [2.24, 2.45) is 5.10 Å². The molecule has 1 N–H and O–H groups in total. The number of hydrazone groups is 1. The number of ether oxygens (including phenoxy) is 3. The number of benzene rings is 2. The van der Waals surface area contributed by atoms with Crippen LogP contribution in [0, 0.1) is 0 Å². The molecule has 8 heteroatoms. The number of hydrogen-bond acceptors (Lipinski definition) is 5. The molecular formula is C19H20Br2N2O4. The Kier molecular flexibility index (Phi) is 8.12. The van der Waals surface area contributed by atoms with Crippen molar-refractivity contribution in [2.45, 2.75) is 13.3 Å². The Morgan fingerprint density at radius 2 is 1.89 bits per heavy atom. The van der Waals surface area contributed by atoms with Gasteiger partial charge in [0.25, 0.3) is 5.91 Å². The van der Waals surface area contributed by atoms with Crippen LogP contribution in [0.15, 0.2) is 44.4 Å². The van der Waals surface area contributed by atoms with Gasteiger partial charge in [0.15, 0.2) is 11.5 Å². The summed E-state index contributed by atoms with van der Waals surface area (Å²) < 4.78 is 17.8. The predicted octanol–water partition coefficient (Wildman–Crippen LogP) is 4.78. The lowest BCUT2D eigenvalue weighted by atomic mass is 10.2. The molecule has 0 aromatic heterocycles. The molecule has 0 spiro atoms. The van der Waals surface area contributed by atoms with Gasteiger partial charge in [0.2, 0.25) is 0 Å². The van der Waals surface area contributed by atoms with E-state index < -0.39 is 0 Å². The molecule has 27 heavy (non-hydrogen) atoms. The third-order valence-corrected chi connectivity index (χ3v) is 4.57. The zero-order valence-corrected chi connectivity index (χ0v) is 18.4. The summed E-state index contributed by atoms with van der Waals surface area (Å²) >= 11 is 6.82. The van der Waals surface area contributed by atoms with E-state index in [0.29, 0.717) is 29.4 Å². The summed E-state index contributed by atoms with van der Waals surface area (Å²) in [6.07, 6.45) is 2.42. The molecule has 0 aliphatic heterocycles. The fourth-order valence-corrected chi connectivity index (χ4v) is 3.18. The lowest BCUT2D eigenvalue weighted by molar-refractivity contribution is 0.0952. The molecule has 0 saturated carbocycles. The van der Waals surface area contributed by atoms with Gasteiger partial charge in [-0.25, -0.2) is 5.43 Å². The average molecular weight is 500 g/mol. The smallest absolute Gasteiger partial charge is 0.275 e. The third kappa shape index (κ3) is 5.71. The summed E-state index contributed by atoms with van der Waals surface area (Å²) in [6.45, 7) is 2.62. The highest BCUT2D eigenvalue weighted by atomic mass is 79.9. The van der Waals surface area contributed by atoms with Gasteiger partial charge in [0.05, 0.1) is 37.1 Å². The zero-order valence-electron chi connectivity index (χ0n) is 15.2. The molecule has 0 radical (unpaired) electrons. The van der Waals surface area contributed by atoms with Gasteiger partial charge in [0, 0.05) is 4.47 Å². The van der Waals surface area contributed by atoms with E-state index in [9.17, 15) is 4.79 Å². The van der Waals surface area contributed by atoms with Crippen LogP contribution < -0.4 is 19.6 Å². The largest absolute Gasteiger partial charge is 0.496 e. The standard InChI is InChI=1S/C19H20Br2N2O4/c1-4-7-27-18-15(21)8-12(9-17(18)26-3)11-22-23-19(24)14-10-13(20)5-6-16(14)25-2/h5-6,8-11H,4,7H2,1-3H3,(H,23,24)/b22-11-. The van der Waals surface area contributed by atoms with Crippen molar-refractivity contribution in [3.8, 4) is 17.2 Å². The van der Waals surface area contributed by atoms with Crippen molar-refractivity contribution in [2.75, 3.05) is 20.8 Å². The van der Waals surface area contributed by atoms with Crippen molar-refractivity contribution in [1.82, 2.24) is 5.43 Å². The van der Waals surface area contributed by atoms with Gasteiger partial charge >= 0.3 is 0 Å². The number of carbonyl (C=O) groups excluding carboxylic acids is 1. The highest BCUT2D eigenvalue weighted by Gasteiger charge is 2.13. The first-order valence-corrected chi connectivity index (χ1v) is 9.76. The van der Waals surface area contributed by atoms with Crippen LogP contribution in [-0.2, 0) is 0 Å². The van der Waals surface area contributed by atoms with E-state index in [-0.39, 0.29) is 5.91 Å². The lowest BCUT2D eigenvalue weighted by Crippen LogP contribution is -2.18. The first-order chi connectivity index (χ1) is 13.0. The monoisotopic (exact) mass is 498 g/mol. The molecule has 0 bridgehead atoms. The minimum absolute atomic E-state index is 0.377. The predicted molar refractivity (Wildman–Crippen MR) is 112 cm³/mol. The van der Waals surface area contributed by atoms with E-state index >= 15 is 0 Å². The molecule has 2 aromatic rings. The maximum absolute atomic E-state index is 12.3. The zero-order chi connectivity index (χ0) is 19.8. The Hall–Kier alpha value is -2.06. The van der Waals surface area contributed by atoms with Gasteiger partial charge in [0.1, 0.15) is 5.75 Å². The van der Waals surface area contributed by atoms with E-state index in [1.165, 1.54) is 13.3 Å². The summed E-state index contributed by atoms with van der Waals surface area (Å²) in [5.74, 6) is 1.31. The Balaban J connectivity index is 2.15. The van der Waals surface area contributed by atoms with Crippen molar-refractivity contribution >= 4 is 44.0 Å². The van der Waals surface area contributed by atoms with Crippen LogP contribution in [-0.4, -0.2) is 32.9 Å². The molecule has 0 atom stereocenters. The van der Waals surface area contributed by atoms with Crippen LogP contribution >= 0.6 is 31.9 Å². The maximum atomic E-state index is 12.3. The minimum Gasteiger partial charge on any atom is -0.496 e.